The molecule has 294 valence electrons. The summed E-state index contributed by atoms with van der Waals surface area (Å²) in [6.45, 7) is 14.0. The maximum Gasteiger partial charge on any atom is 0.306 e. The molecule has 0 spiro atoms. The van der Waals surface area contributed by atoms with Crippen molar-refractivity contribution in [2.45, 2.75) is 259 Å². The summed E-state index contributed by atoms with van der Waals surface area (Å²) < 4.78 is 10.8. The first-order chi connectivity index (χ1) is 24.0. The number of carbonyl (C=O) groups is 2. The van der Waals surface area contributed by atoms with Crippen LogP contribution in [0.1, 0.15) is 247 Å². The van der Waals surface area contributed by atoms with E-state index in [0.717, 1.165) is 38.6 Å². The smallest absolute Gasteiger partial charge is 0.306 e. The molecule has 0 amide bonds. The first-order valence-electron chi connectivity index (χ1n) is 22.0. The van der Waals surface area contributed by atoms with Crippen LogP contribution < -0.4 is 5.32 Å². The lowest BCUT2D eigenvalue weighted by molar-refractivity contribution is -0.148. The molecule has 1 atom stereocenters. The van der Waals surface area contributed by atoms with Crippen LogP contribution >= 0.6 is 0 Å². The third kappa shape index (κ3) is 44.9. The SMILES string of the molecule is CCCCCCCCC(CCCCCCCC)OC=O.CCCCCCCCNCCCCCCCC(=O)OC(C)CCCCCCCC. The molecule has 1 unspecified atom stereocenters. The summed E-state index contributed by atoms with van der Waals surface area (Å²) in [7, 11) is 0. The fraction of sp³-hybridized carbons (Fsp3) is 0.955. The van der Waals surface area contributed by atoms with Crippen molar-refractivity contribution < 1.29 is 19.1 Å². The number of carbonyl (C=O) groups excluding carboxylic acids is 2. The largest absolute Gasteiger partial charge is 0.465 e. The maximum atomic E-state index is 11.9. The molecule has 0 bridgehead atoms. The van der Waals surface area contributed by atoms with Gasteiger partial charge in [0.1, 0.15) is 6.10 Å². The van der Waals surface area contributed by atoms with Crippen molar-refractivity contribution in [1.29, 1.82) is 0 Å². The molecule has 49 heavy (non-hydrogen) atoms. The lowest BCUT2D eigenvalue weighted by Crippen LogP contribution is -2.16. The second kappa shape index (κ2) is 44.9. The van der Waals surface area contributed by atoms with Gasteiger partial charge in [0.05, 0.1) is 6.10 Å². The molecule has 0 aromatic rings. The summed E-state index contributed by atoms with van der Waals surface area (Å²) >= 11 is 0. The van der Waals surface area contributed by atoms with Gasteiger partial charge in [-0.3, -0.25) is 9.59 Å². The average molecular weight is 696 g/mol. The van der Waals surface area contributed by atoms with Gasteiger partial charge in [0.25, 0.3) is 6.47 Å². The topological polar surface area (TPSA) is 64.6 Å². The molecule has 5 heteroatoms. The van der Waals surface area contributed by atoms with Gasteiger partial charge >= 0.3 is 5.97 Å². The minimum atomic E-state index is 0.00378. The van der Waals surface area contributed by atoms with Gasteiger partial charge in [0.2, 0.25) is 0 Å². The zero-order valence-corrected chi connectivity index (χ0v) is 34.1. The van der Waals surface area contributed by atoms with Crippen LogP contribution in [0.5, 0.6) is 0 Å². The van der Waals surface area contributed by atoms with E-state index in [-0.39, 0.29) is 18.2 Å². The molecule has 0 aromatic heterocycles. The number of ether oxygens (including phenoxy) is 2. The van der Waals surface area contributed by atoms with Crippen LogP contribution in [0, 0.1) is 0 Å². The number of hydrogen-bond donors (Lipinski definition) is 1. The Morgan fingerprint density at radius 2 is 0.837 bits per heavy atom. The Labute approximate surface area is 308 Å². The van der Waals surface area contributed by atoms with Crippen LogP contribution in [0.15, 0.2) is 0 Å². The number of unbranched alkanes of at least 4 members (excludes halogenated alkanes) is 24. The van der Waals surface area contributed by atoms with E-state index in [1.165, 1.54) is 180 Å². The van der Waals surface area contributed by atoms with Crippen molar-refractivity contribution in [2.75, 3.05) is 13.1 Å². The van der Waals surface area contributed by atoms with E-state index in [4.69, 9.17) is 9.47 Å². The van der Waals surface area contributed by atoms with Crippen molar-refractivity contribution in [3.63, 3.8) is 0 Å². The highest BCUT2D eigenvalue weighted by Gasteiger charge is 2.10. The van der Waals surface area contributed by atoms with Gasteiger partial charge in [-0.15, -0.1) is 0 Å². The summed E-state index contributed by atoms with van der Waals surface area (Å²) in [4.78, 5) is 22.5. The highest BCUT2D eigenvalue weighted by molar-refractivity contribution is 5.69. The zero-order chi connectivity index (χ0) is 36.3. The quantitative estimate of drug-likeness (QED) is 0.0394. The third-order valence-electron chi connectivity index (χ3n) is 9.75. The lowest BCUT2D eigenvalue weighted by atomic mass is 10.0. The van der Waals surface area contributed by atoms with Crippen molar-refractivity contribution in [3.05, 3.63) is 0 Å². The molecule has 0 saturated carbocycles. The first-order valence-corrected chi connectivity index (χ1v) is 22.0. The Morgan fingerprint density at radius 3 is 1.24 bits per heavy atom. The predicted octanol–water partition coefficient (Wildman–Crippen LogP) is 14.0. The Bertz CT molecular complexity index is 612. The third-order valence-corrected chi connectivity index (χ3v) is 9.75. The second-order valence-corrected chi connectivity index (χ2v) is 14.9. The summed E-state index contributed by atoms with van der Waals surface area (Å²) in [5, 5.41) is 3.56. The maximum absolute atomic E-state index is 11.9. The summed E-state index contributed by atoms with van der Waals surface area (Å²) in [6.07, 6.45) is 41.5. The minimum absolute atomic E-state index is 0.00378. The Kier molecular flexibility index (Phi) is 45.8. The number of esters is 1. The van der Waals surface area contributed by atoms with Crippen molar-refractivity contribution in [1.82, 2.24) is 5.32 Å². The van der Waals surface area contributed by atoms with Crippen LogP contribution in [0.2, 0.25) is 0 Å². The molecule has 0 fully saturated rings. The van der Waals surface area contributed by atoms with E-state index in [2.05, 4.69) is 33.0 Å². The Morgan fingerprint density at radius 1 is 0.490 bits per heavy atom. The molecular formula is C44H89NO4. The summed E-state index contributed by atoms with van der Waals surface area (Å²) in [5.41, 5.74) is 0. The predicted molar refractivity (Wildman–Crippen MR) is 214 cm³/mol. The van der Waals surface area contributed by atoms with E-state index < -0.39 is 0 Å². The monoisotopic (exact) mass is 696 g/mol. The van der Waals surface area contributed by atoms with E-state index in [0.29, 0.717) is 12.9 Å². The standard InChI is InChI=1S/C26H53NO2.C18H36O2/c1-4-6-8-10-13-17-21-25(3)29-26(28)22-18-14-12-16-20-24-27-23-19-15-11-9-7-5-2;1-3-5-7-9-11-13-15-18(20-17-19)16-14-12-10-8-6-4-2/h25,27H,4-24H2,1-3H3;17-18H,3-16H2,1-2H3. The fourth-order valence-corrected chi connectivity index (χ4v) is 6.42. The molecule has 5 nitrogen and oxygen atoms in total. The van der Waals surface area contributed by atoms with Gasteiger partial charge in [-0.1, -0.05) is 175 Å². The number of nitrogens with one attached hydrogen (secondary N) is 1. The van der Waals surface area contributed by atoms with E-state index in [1.807, 2.05) is 6.92 Å². The molecule has 0 aromatic carbocycles. The molecule has 0 rings (SSSR count). The number of hydrogen-bond acceptors (Lipinski definition) is 5. The van der Waals surface area contributed by atoms with Crippen molar-refractivity contribution in [3.8, 4) is 0 Å². The molecule has 0 aliphatic rings. The molecule has 0 aliphatic carbocycles. The zero-order valence-electron chi connectivity index (χ0n) is 34.1. The van der Waals surface area contributed by atoms with Crippen LogP contribution in [-0.4, -0.2) is 37.7 Å². The Balaban J connectivity index is 0. The van der Waals surface area contributed by atoms with Gasteiger partial charge < -0.3 is 14.8 Å². The van der Waals surface area contributed by atoms with Crippen molar-refractivity contribution >= 4 is 12.4 Å². The molecular weight excluding hydrogens is 606 g/mol. The van der Waals surface area contributed by atoms with Gasteiger partial charge in [-0.2, -0.15) is 0 Å². The van der Waals surface area contributed by atoms with Crippen molar-refractivity contribution in [2.24, 2.45) is 0 Å². The van der Waals surface area contributed by atoms with Gasteiger partial charge in [-0.05, 0) is 77.8 Å². The molecule has 0 aliphatic heterocycles. The van der Waals surface area contributed by atoms with Crippen LogP contribution in [0.3, 0.4) is 0 Å². The van der Waals surface area contributed by atoms with Gasteiger partial charge in [0.15, 0.2) is 0 Å². The average Bonchev–Trinajstić information content (AvgIpc) is 3.09. The number of rotatable bonds is 39. The highest BCUT2D eigenvalue weighted by Crippen LogP contribution is 2.16. The summed E-state index contributed by atoms with van der Waals surface area (Å²) in [6, 6.07) is 0. The Hall–Kier alpha value is -1.10. The minimum Gasteiger partial charge on any atom is -0.465 e. The van der Waals surface area contributed by atoms with Crippen LogP contribution in [0.4, 0.5) is 0 Å². The van der Waals surface area contributed by atoms with E-state index >= 15 is 0 Å². The van der Waals surface area contributed by atoms with Crippen LogP contribution in [0.25, 0.3) is 0 Å². The van der Waals surface area contributed by atoms with Gasteiger partial charge in [0, 0.05) is 6.42 Å². The first kappa shape index (κ1) is 50.0. The molecule has 0 heterocycles. The lowest BCUT2D eigenvalue weighted by Gasteiger charge is -2.15. The summed E-state index contributed by atoms with van der Waals surface area (Å²) in [5.74, 6) is 0.00378. The normalized spacial score (nSPS) is 11.7. The van der Waals surface area contributed by atoms with Gasteiger partial charge in [-0.25, -0.2) is 0 Å². The van der Waals surface area contributed by atoms with Crippen LogP contribution in [-0.2, 0) is 19.1 Å². The second-order valence-electron chi connectivity index (χ2n) is 14.9. The molecule has 1 N–H and O–H groups in total. The molecule has 0 saturated heterocycles. The highest BCUT2D eigenvalue weighted by atomic mass is 16.5. The van der Waals surface area contributed by atoms with E-state index in [1.54, 1.807) is 0 Å². The van der Waals surface area contributed by atoms with E-state index in [9.17, 15) is 9.59 Å². The molecule has 0 radical (unpaired) electrons. The fourth-order valence-electron chi connectivity index (χ4n) is 6.42.